The van der Waals surface area contributed by atoms with Gasteiger partial charge in [0.1, 0.15) is 6.10 Å². The van der Waals surface area contributed by atoms with Gasteiger partial charge in [-0.1, -0.05) is 29.8 Å². The Morgan fingerprint density at radius 2 is 1.79 bits per heavy atom. The lowest BCUT2D eigenvalue weighted by molar-refractivity contribution is 0.219. The van der Waals surface area contributed by atoms with E-state index < -0.39 is 11.9 Å². The van der Waals surface area contributed by atoms with E-state index in [9.17, 15) is 9.50 Å². The van der Waals surface area contributed by atoms with E-state index in [1.54, 1.807) is 24.3 Å². The molecular weight excluding hydrogens is 267 g/mol. The second-order valence-electron chi connectivity index (χ2n) is 4.31. The smallest absolute Gasteiger partial charge is 0.165 e. The van der Waals surface area contributed by atoms with Crippen LogP contribution in [0.1, 0.15) is 22.8 Å². The van der Waals surface area contributed by atoms with E-state index in [0.717, 1.165) is 5.56 Å². The molecule has 0 amide bonds. The monoisotopic (exact) mass is 280 g/mol. The summed E-state index contributed by atoms with van der Waals surface area (Å²) >= 11 is 5.94. The zero-order chi connectivity index (χ0) is 14.0. The SMILES string of the molecule is COc1ccc(C(O)c2ccc(Cl)c(C)c2)cc1F. The fourth-order valence-electron chi connectivity index (χ4n) is 1.88. The van der Waals surface area contributed by atoms with Crippen molar-refractivity contribution in [1.29, 1.82) is 0 Å². The molecule has 0 aliphatic heterocycles. The number of hydrogen-bond acceptors (Lipinski definition) is 2. The quantitative estimate of drug-likeness (QED) is 0.924. The largest absolute Gasteiger partial charge is 0.494 e. The molecule has 19 heavy (non-hydrogen) atoms. The molecule has 0 saturated heterocycles. The Kier molecular flexibility index (Phi) is 4.08. The van der Waals surface area contributed by atoms with Gasteiger partial charge in [0.15, 0.2) is 11.6 Å². The Bertz CT molecular complexity index is 599. The molecule has 1 atom stereocenters. The van der Waals surface area contributed by atoms with E-state index >= 15 is 0 Å². The highest BCUT2D eigenvalue weighted by molar-refractivity contribution is 6.31. The van der Waals surface area contributed by atoms with Crippen LogP contribution in [0.15, 0.2) is 36.4 Å². The zero-order valence-electron chi connectivity index (χ0n) is 10.7. The molecule has 2 nitrogen and oxygen atoms in total. The van der Waals surface area contributed by atoms with Gasteiger partial charge >= 0.3 is 0 Å². The van der Waals surface area contributed by atoms with Crippen LogP contribution in [0.3, 0.4) is 0 Å². The van der Waals surface area contributed by atoms with E-state index in [1.807, 2.05) is 6.92 Å². The lowest BCUT2D eigenvalue weighted by Gasteiger charge is -2.13. The van der Waals surface area contributed by atoms with Crippen LogP contribution in [0.25, 0.3) is 0 Å². The molecule has 2 aromatic rings. The Labute approximate surface area is 116 Å². The number of aliphatic hydroxyl groups is 1. The molecule has 100 valence electrons. The Morgan fingerprint density at radius 3 is 2.37 bits per heavy atom. The van der Waals surface area contributed by atoms with Crippen LogP contribution in [0.4, 0.5) is 4.39 Å². The number of aryl methyl sites for hydroxylation is 1. The summed E-state index contributed by atoms with van der Waals surface area (Å²) in [6, 6.07) is 9.63. The highest BCUT2D eigenvalue weighted by Gasteiger charge is 2.14. The highest BCUT2D eigenvalue weighted by atomic mass is 35.5. The molecule has 4 heteroatoms. The summed E-state index contributed by atoms with van der Waals surface area (Å²) in [5, 5.41) is 10.9. The van der Waals surface area contributed by atoms with Gasteiger partial charge in [-0.15, -0.1) is 0 Å². The third kappa shape index (κ3) is 2.88. The van der Waals surface area contributed by atoms with Crippen LogP contribution < -0.4 is 4.74 Å². The molecule has 1 N–H and O–H groups in total. The van der Waals surface area contributed by atoms with Crippen molar-refractivity contribution in [2.75, 3.05) is 7.11 Å². The van der Waals surface area contributed by atoms with E-state index in [4.69, 9.17) is 16.3 Å². The van der Waals surface area contributed by atoms with Gasteiger partial charge in [-0.3, -0.25) is 0 Å². The van der Waals surface area contributed by atoms with Crippen molar-refractivity contribution in [2.24, 2.45) is 0 Å². The standard InChI is InChI=1S/C15H14ClFO2/c1-9-7-10(3-5-12(9)16)15(18)11-4-6-14(19-2)13(17)8-11/h3-8,15,18H,1-2H3. The third-order valence-corrected chi connectivity index (χ3v) is 3.41. The van der Waals surface area contributed by atoms with Gasteiger partial charge in [-0.05, 0) is 41.8 Å². The summed E-state index contributed by atoms with van der Waals surface area (Å²) in [6.07, 6.45) is -0.892. The van der Waals surface area contributed by atoms with Crippen molar-refractivity contribution in [1.82, 2.24) is 0 Å². The molecular formula is C15H14ClFO2. The molecule has 0 aliphatic rings. The van der Waals surface area contributed by atoms with Crippen molar-refractivity contribution in [3.63, 3.8) is 0 Å². The minimum absolute atomic E-state index is 0.156. The number of halogens is 2. The molecule has 0 spiro atoms. The molecule has 0 heterocycles. The van der Waals surface area contributed by atoms with Crippen molar-refractivity contribution in [3.8, 4) is 5.75 Å². The summed E-state index contributed by atoms with van der Waals surface area (Å²) < 4.78 is 18.5. The normalized spacial score (nSPS) is 12.3. The predicted octanol–water partition coefficient (Wildman–Crippen LogP) is 3.88. The van der Waals surface area contributed by atoms with Crippen LogP contribution in [0.2, 0.25) is 5.02 Å². The van der Waals surface area contributed by atoms with E-state index in [1.165, 1.54) is 19.2 Å². The Hall–Kier alpha value is -1.58. The fraction of sp³-hybridized carbons (Fsp3) is 0.200. The number of benzene rings is 2. The van der Waals surface area contributed by atoms with Crippen LogP contribution in [-0.2, 0) is 0 Å². The topological polar surface area (TPSA) is 29.5 Å². The van der Waals surface area contributed by atoms with E-state index in [2.05, 4.69) is 0 Å². The number of rotatable bonds is 3. The fourth-order valence-corrected chi connectivity index (χ4v) is 2.00. The van der Waals surface area contributed by atoms with Gasteiger partial charge in [-0.25, -0.2) is 4.39 Å². The number of aliphatic hydroxyl groups excluding tert-OH is 1. The van der Waals surface area contributed by atoms with Gasteiger partial charge in [0.05, 0.1) is 7.11 Å². The minimum atomic E-state index is -0.892. The molecule has 0 aromatic heterocycles. The molecule has 0 saturated carbocycles. The first-order chi connectivity index (χ1) is 9.02. The molecule has 0 aliphatic carbocycles. The first-order valence-corrected chi connectivity index (χ1v) is 6.18. The predicted molar refractivity (Wildman–Crippen MR) is 73.2 cm³/mol. The third-order valence-electron chi connectivity index (χ3n) is 2.99. The highest BCUT2D eigenvalue weighted by Crippen LogP contribution is 2.28. The number of ether oxygens (including phenoxy) is 1. The average molecular weight is 281 g/mol. The van der Waals surface area contributed by atoms with Gasteiger partial charge in [0.25, 0.3) is 0 Å². The van der Waals surface area contributed by atoms with Crippen LogP contribution in [0.5, 0.6) is 5.75 Å². The summed E-state index contributed by atoms with van der Waals surface area (Å²) in [6.45, 7) is 1.85. The van der Waals surface area contributed by atoms with Crippen molar-refractivity contribution < 1.29 is 14.2 Å². The van der Waals surface area contributed by atoms with Crippen molar-refractivity contribution >= 4 is 11.6 Å². The maximum atomic E-state index is 13.6. The van der Waals surface area contributed by atoms with Gasteiger partial charge in [0.2, 0.25) is 0 Å². The zero-order valence-corrected chi connectivity index (χ0v) is 11.4. The summed E-state index contributed by atoms with van der Waals surface area (Å²) in [7, 11) is 1.40. The Morgan fingerprint density at radius 1 is 1.16 bits per heavy atom. The second kappa shape index (κ2) is 5.59. The van der Waals surface area contributed by atoms with Crippen LogP contribution in [-0.4, -0.2) is 12.2 Å². The van der Waals surface area contributed by atoms with E-state index in [0.29, 0.717) is 16.1 Å². The summed E-state index contributed by atoms with van der Waals surface area (Å²) in [5.41, 5.74) is 2.01. The van der Waals surface area contributed by atoms with Crippen LogP contribution in [0, 0.1) is 12.7 Å². The molecule has 0 radical (unpaired) electrons. The molecule has 0 bridgehead atoms. The van der Waals surface area contributed by atoms with Gasteiger partial charge in [-0.2, -0.15) is 0 Å². The molecule has 2 aromatic carbocycles. The van der Waals surface area contributed by atoms with Crippen LogP contribution >= 0.6 is 11.6 Å². The minimum Gasteiger partial charge on any atom is -0.494 e. The first-order valence-electron chi connectivity index (χ1n) is 5.80. The second-order valence-corrected chi connectivity index (χ2v) is 4.71. The molecule has 0 fully saturated rings. The maximum Gasteiger partial charge on any atom is 0.165 e. The Balaban J connectivity index is 2.35. The molecule has 1 unspecified atom stereocenters. The summed E-state index contributed by atoms with van der Waals surface area (Å²) in [5.74, 6) is -0.340. The summed E-state index contributed by atoms with van der Waals surface area (Å²) in [4.78, 5) is 0. The van der Waals surface area contributed by atoms with Crippen molar-refractivity contribution in [3.05, 3.63) is 63.9 Å². The lowest BCUT2D eigenvalue weighted by atomic mass is 10.00. The molecule has 2 rings (SSSR count). The van der Waals surface area contributed by atoms with Gasteiger partial charge in [0, 0.05) is 5.02 Å². The lowest BCUT2D eigenvalue weighted by Crippen LogP contribution is -2.01. The van der Waals surface area contributed by atoms with Gasteiger partial charge < -0.3 is 9.84 Å². The maximum absolute atomic E-state index is 13.6. The number of hydrogen-bond donors (Lipinski definition) is 1. The van der Waals surface area contributed by atoms with Crippen molar-refractivity contribution in [2.45, 2.75) is 13.0 Å². The average Bonchev–Trinajstić information content (AvgIpc) is 2.41. The first kappa shape index (κ1) is 13.8. The number of methoxy groups -OCH3 is 1. The van der Waals surface area contributed by atoms with E-state index in [-0.39, 0.29) is 5.75 Å².